The van der Waals surface area contributed by atoms with E-state index in [4.69, 9.17) is 11.6 Å². The van der Waals surface area contributed by atoms with E-state index < -0.39 is 11.0 Å². The molecule has 1 saturated heterocycles. The molecule has 0 amide bonds. The highest BCUT2D eigenvalue weighted by Crippen LogP contribution is 2.53. The van der Waals surface area contributed by atoms with Crippen molar-refractivity contribution in [2.45, 2.75) is 50.8 Å². The molecule has 2 heterocycles. The first-order valence-electron chi connectivity index (χ1n) is 7.36. The molecule has 1 unspecified atom stereocenters. The van der Waals surface area contributed by atoms with Crippen molar-refractivity contribution in [3.8, 4) is 0 Å². The molecule has 1 aliphatic heterocycles. The molecule has 7 heteroatoms. The van der Waals surface area contributed by atoms with Gasteiger partial charge in [-0.3, -0.25) is 0 Å². The van der Waals surface area contributed by atoms with Crippen molar-refractivity contribution in [1.82, 2.24) is 15.0 Å². The Hall–Kier alpha value is -0.0100. The van der Waals surface area contributed by atoms with Gasteiger partial charge in [0.2, 0.25) is 0 Å². The lowest BCUT2D eigenvalue weighted by atomic mass is 9.74. The normalized spacial score (nSPS) is 26.0. The van der Waals surface area contributed by atoms with Crippen LogP contribution in [0.25, 0.3) is 0 Å². The summed E-state index contributed by atoms with van der Waals surface area (Å²) in [6, 6.07) is 0.0541. The average Bonchev–Trinajstić information content (AvgIpc) is 2.86. The van der Waals surface area contributed by atoms with Crippen molar-refractivity contribution >= 4 is 33.9 Å². The first-order valence-corrected chi connectivity index (χ1v) is 9.70. The zero-order valence-electron chi connectivity index (χ0n) is 12.7. The van der Waals surface area contributed by atoms with Crippen LogP contribution in [0.3, 0.4) is 0 Å². The van der Waals surface area contributed by atoms with E-state index in [1.165, 1.54) is 4.88 Å². The third-order valence-electron chi connectivity index (χ3n) is 4.48. The van der Waals surface area contributed by atoms with Gasteiger partial charge < -0.3 is 5.32 Å². The lowest BCUT2D eigenvalue weighted by Gasteiger charge is -2.40. The molecule has 2 N–H and O–H groups in total. The highest BCUT2D eigenvalue weighted by molar-refractivity contribution is 7.84. The molecule has 2 atom stereocenters. The summed E-state index contributed by atoms with van der Waals surface area (Å²) in [6.07, 6.45) is 3.19. The summed E-state index contributed by atoms with van der Waals surface area (Å²) in [5.41, 5.74) is 1.18. The number of hydrogen-bond acceptors (Lipinski definition) is 4. The number of thiazole rings is 1. The maximum atomic E-state index is 12.6. The molecule has 1 aromatic rings. The van der Waals surface area contributed by atoms with Gasteiger partial charge in [-0.25, -0.2) is 13.9 Å². The molecule has 118 valence electrons. The van der Waals surface area contributed by atoms with Crippen molar-refractivity contribution in [3.05, 3.63) is 15.0 Å². The minimum atomic E-state index is -1.10. The van der Waals surface area contributed by atoms with Gasteiger partial charge in [0.25, 0.3) is 0 Å². The molecular weight excluding hydrogens is 326 g/mol. The lowest BCUT2D eigenvalue weighted by Crippen LogP contribution is -2.46. The zero-order valence-corrected chi connectivity index (χ0v) is 15.1. The van der Waals surface area contributed by atoms with Crippen LogP contribution < -0.4 is 10.0 Å². The number of nitrogens with zero attached hydrogens (tertiary/aromatic N) is 1. The molecule has 4 nitrogen and oxygen atoms in total. The fourth-order valence-electron chi connectivity index (χ4n) is 3.25. The average molecular weight is 348 g/mol. The minimum Gasteiger partial charge on any atom is -0.317 e. The molecular formula is C14H22ClN3OS2. The van der Waals surface area contributed by atoms with Crippen molar-refractivity contribution in [2.75, 3.05) is 13.1 Å². The summed E-state index contributed by atoms with van der Waals surface area (Å²) in [6.45, 7) is 8.02. The topological polar surface area (TPSA) is 54.0 Å². The van der Waals surface area contributed by atoms with Crippen LogP contribution in [0.1, 0.15) is 50.2 Å². The third kappa shape index (κ3) is 2.93. The number of halogens is 1. The standard InChI is InChI=1S/C14H22ClN3OS2/c1-13(2,3)21(19)18-11-10-9(20-12(15)17-10)8-14(11)4-6-16-7-5-14/h11,16,18H,4-8H2,1-3H3/t11-,21?/m1/s1. The molecule has 0 saturated carbocycles. The van der Waals surface area contributed by atoms with Crippen molar-refractivity contribution in [1.29, 1.82) is 0 Å². The molecule has 0 radical (unpaired) electrons. The van der Waals surface area contributed by atoms with Gasteiger partial charge in [0.05, 0.1) is 27.5 Å². The van der Waals surface area contributed by atoms with Gasteiger partial charge in [-0.05, 0) is 58.5 Å². The molecule has 1 spiro atoms. The lowest BCUT2D eigenvalue weighted by molar-refractivity contribution is 0.163. The van der Waals surface area contributed by atoms with E-state index in [-0.39, 0.29) is 16.2 Å². The van der Waals surface area contributed by atoms with Crippen LogP contribution in [0.5, 0.6) is 0 Å². The van der Waals surface area contributed by atoms with Crippen molar-refractivity contribution in [3.63, 3.8) is 0 Å². The van der Waals surface area contributed by atoms with Gasteiger partial charge in [0, 0.05) is 4.88 Å². The van der Waals surface area contributed by atoms with Crippen LogP contribution in [0.2, 0.25) is 4.47 Å². The monoisotopic (exact) mass is 347 g/mol. The Balaban J connectivity index is 1.92. The third-order valence-corrected chi connectivity index (χ3v) is 7.22. The molecule has 21 heavy (non-hydrogen) atoms. The van der Waals surface area contributed by atoms with Gasteiger partial charge >= 0.3 is 0 Å². The Labute approximate surface area is 137 Å². The Bertz CT molecular complexity index is 561. The zero-order chi connectivity index (χ0) is 15.3. The Morgan fingerprint density at radius 3 is 2.71 bits per heavy atom. The summed E-state index contributed by atoms with van der Waals surface area (Å²) in [4.78, 5) is 5.79. The number of nitrogens with one attached hydrogen (secondary N) is 2. The second kappa shape index (κ2) is 5.57. The number of fused-ring (bicyclic) bond motifs is 1. The first kappa shape index (κ1) is 15.9. The highest BCUT2D eigenvalue weighted by Gasteiger charge is 2.49. The predicted octanol–water partition coefficient (Wildman–Crippen LogP) is 2.82. The van der Waals surface area contributed by atoms with Crippen molar-refractivity contribution < 1.29 is 4.21 Å². The van der Waals surface area contributed by atoms with E-state index in [0.717, 1.165) is 38.0 Å². The van der Waals surface area contributed by atoms with Crippen LogP contribution in [-0.4, -0.2) is 27.0 Å². The SMILES string of the molecule is CC(C)(C)S(=O)N[C@@H]1c2nc(Cl)sc2CC12CCNCC2. The number of piperidine rings is 1. The van der Waals surface area contributed by atoms with Crippen LogP contribution in [0, 0.1) is 5.41 Å². The predicted molar refractivity (Wildman–Crippen MR) is 89.1 cm³/mol. The van der Waals surface area contributed by atoms with E-state index in [2.05, 4.69) is 15.0 Å². The van der Waals surface area contributed by atoms with E-state index >= 15 is 0 Å². The summed E-state index contributed by atoms with van der Waals surface area (Å²) >= 11 is 7.67. The largest absolute Gasteiger partial charge is 0.317 e. The van der Waals surface area contributed by atoms with Crippen LogP contribution in [0.15, 0.2) is 0 Å². The maximum absolute atomic E-state index is 12.6. The number of hydrogen-bond donors (Lipinski definition) is 2. The summed E-state index contributed by atoms with van der Waals surface area (Å²) in [5.74, 6) is 0. The second-order valence-electron chi connectivity index (χ2n) is 7.00. The molecule has 1 fully saturated rings. The van der Waals surface area contributed by atoms with Crippen molar-refractivity contribution in [2.24, 2.45) is 5.41 Å². The molecule has 0 bridgehead atoms. The summed E-state index contributed by atoms with van der Waals surface area (Å²) in [7, 11) is -1.10. The quantitative estimate of drug-likeness (QED) is 0.865. The Morgan fingerprint density at radius 1 is 1.43 bits per heavy atom. The van der Waals surface area contributed by atoms with Gasteiger partial charge in [0.1, 0.15) is 0 Å². The van der Waals surface area contributed by atoms with Gasteiger partial charge in [-0.1, -0.05) is 11.6 Å². The van der Waals surface area contributed by atoms with Gasteiger partial charge in [-0.15, -0.1) is 11.3 Å². The van der Waals surface area contributed by atoms with Crippen LogP contribution >= 0.6 is 22.9 Å². The van der Waals surface area contributed by atoms with Gasteiger partial charge in [0.15, 0.2) is 4.47 Å². The van der Waals surface area contributed by atoms with Crippen LogP contribution in [-0.2, 0) is 17.4 Å². The van der Waals surface area contributed by atoms with E-state index in [1.807, 2.05) is 20.8 Å². The minimum absolute atomic E-state index is 0.0541. The highest BCUT2D eigenvalue weighted by atomic mass is 35.5. The first-order chi connectivity index (χ1) is 9.82. The van der Waals surface area contributed by atoms with E-state index in [0.29, 0.717) is 4.47 Å². The second-order valence-corrected chi connectivity index (χ2v) is 10.7. The Kier molecular flexibility index (Phi) is 4.21. The smallest absolute Gasteiger partial charge is 0.184 e. The molecule has 1 aliphatic carbocycles. The fourth-order valence-corrected chi connectivity index (χ4v) is 5.53. The van der Waals surface area contributed by atoms with Gasteiger partial charge in [-0.2, -0.15) is 0 Å². The molecule has 1 aromatic heterocycles. The maximum Gasteiger partial charge on any atom is 0.184 e. The number of aromatic nitrogens is 1. The van der Waals surface area contributed by atoms with E-state index in [1.54, 1.807) is 11.3 Å². The Morgan fingerprint density at radius 2 is 2.10 bits per heavy atom. The van der Waals surface area contributed by atoms with Crippen LogP contribution in [0.4, 0.5) is 0 Å². The molecule has 2 aliphatic rings. The van der Waals surface area contributed by atoms with E-state index in [9.17, 15) is 4.21 Å². The molecule has 3 rings (SSSR count). The fraction of sp³-hybridized carbons (Fsp3) is 0.786. The number of rotatable bonds is 2. The summed E-state index contributed by atoms with van der Waals surface area (Å²) in [5, 5.41) is 3.42. The summed E-state index contributed by atoms with van der Waals surface area (Å²) < 4.78 is 16.3. The molecule has 0 aromatic carbocycles.